The zero-order chi connectivity index (χ0) is 30.5. The Morgan fingerprint density at radius 2 is 1.16 bits per heavy atom. The van der Waals surface area contributed by atoms with Gasteiger partial charge in [0.25, 0.3) is 0 Å². The maximum absolute atomic E-state index is 13.6. The molecule has 0 spiro atoms. The van der Waals surface area contributed by atoms with Gasteiger partial charge in [0, 0.05) is 0 Å². The molecule has 0 aliphatic heterocycles. The number of aromatic hydroxyl groups is 1. The molecular formula is C34H29F3N2O3S. The standard InChI is InChI=1S/C34H29F3N2O3S/c35-34(36,37)29-20-21-31(40)30(22-29)38-32(27-12-6-2-7-13-27)33(28-14-8-3-9-15-28)39-43(41,42)23-24-16-18-26(19-17-24)25-10-4-1-5-11-25/h1-22,32-33,38-40H,23H2/t32-,33-/m1/s1. The number of rotatable bonds is 10. The van der Waals surface area contributed by atoms with Gasteiger partial charge >= 0.3 is 6.18 Å². The molecule has 5 rings (SSSR count). The third-order valence-electron chi connectivity index (χ3n) is 7.01. The van der Waals surface area contributed by atoms with Crippen LogP contribution in [-0.4, -0.2) is 13.5 Å². The van der Waals surface area contributed by atoms with E-state index < -0.39 is 39.6 Å². The predicted octanol–water partition coefficient (Wildman–Crippen LogP) is 8.09. The number of halogens is 3. The number of benzene rings is 5. The van der Waals surface area contributed by atoms with Crippen molar-refractivity contribution in [2.75, 3.05) is 5.32 Å². The van der Waals surface area contributed by atoms with E-state index in [1.165, 1.54) is 0 Å². The molecule has 0 amide bonds. The van der Waals surface area contributed by atoms with Crippen molar-refractivity contribution in [3.05, 3.63) is 156 Å². The molecule has 0 saturated carbocycles. The summed E-state index contributed by atoms with van der Waals surface area (Å²) >= 11 is 0. The lowest BCUT2D eigenvalue weighted by atomic mass is 9.93. The van der Waals surface area contributed by atoms with Crippen LogP contribution in [0.2, 0.25) is 0 Å². The van der Waals surface area contributed by atoms with Crippen molar-refractivity contribution in [3.63, 3.8) is 0 Å². The van der Waals surface area contributed by atoms with Gasteiger partial charge in [-0.05, 0) is 46.0 Å². The van der Waals surface area contributed by atoms with Crippen molar-refractivity contribution in [1.29, 1.82) is 0 Å². The second kappa shape index (κ2) is 12.7. The quantitative estimate of drug-likeness (QED) is 0.141. The average Bonchev–Trinajstić information content (AvgIpc) is 3.00. The first-order valence-corrected chi connectivity index (χ1v) is 15.2. The van der Waals surface area contributed by atoms with Crippen molar-refractivity contribution >= 4 is 15.7 Å². The minimum Gasteiger partial charge on any atom is -0.506 e. The third kappa shape index (κ3) is 7.63. The molecule has 5 nitrogen and oxygen atoms in total. The van der Waals surface area contributed by atoms with E-state index in [0.29, 0.717) is 16.7 Å². The van der Waals surface area contributed by atoms with Crippen LogP contribution in [0.4, 0.5) is 18.9 Å². The van der Waals surface area contributed by atoms with Crippen molar-refractivity contribution in [2.45, 2.75) is 24.0 Å². The lowest BCUT2D eigenvalue weighted by Crippen LogP contribution is -2.36. The predicted molar refractivity (Wildman–Crippen MR) is 163 cm³/mol. The lowest BCUT2D eigenvalue weighted by Gasteiger charge is -2.31. The maximum Gasteiger partial charge on any atom is 0.416 e. The number of anilines is 1. The normalized spacial score (nSPS) is 13.3. The molecular weight excluding hydrogens is 573 g/mol. The van der Waals surface area contributed by atoms with Gasteiger partial charge in [-0.3, -0.25) is 0 Å². The van der Waals surface area contributed by atoms with Gasteiger partial charge in [-0.2, -0.15) is 13.2 Å². The Labute approximate surface area is 248 Å². The van der Waals surface area contributed by atoms with Crippen LogP contribution in [0, 0.1) is 0 Å². The molecule has 43 heavy (non-hydrogen) atoms. The number of phenolic OH excluding ortho intramolecular Hbond substituents is 1. The Morgan fingerprint density at radius 1 is 0.651 bits per heavy atom. The van der Waals surface area contributed by atoms with E-state index in [1.807, 2.05) is 42.5 Å². The van der Waals surface area contributed by atoms with E-state index in [1.54, 1.807) is 72.8 Å². The first kappa shape index (κ1) is 29.9. The van der Waals surface area contributed by atoms with Gasteiger partial charge in [-0.1, -0.05) is 115 Å². The number of phenols is 1. The molecule has 220 valence electrons. The minimum absolute atomic E-state index is 0.180. The molecule has 0 radical (unpaired) electrons. The van der Waals surface area contributed by atoms with Crippen LogP contribution in [0.25, 0.3) is 11.1 Å². The molecule has 5 aromatic rings. The van der Waals surface area contributed by atoms with Crippen LogP contribution < -0.4 is 10.0 Å². The second-order valence-electron chi connectivity index (χ2n) is 10.1. The molecule has 2 atom stereocenters. The van der Waals surface area contributed by atoms with Crippen LogP contribution in [0.5, 0.6) is 5.75 Å². The van der Waals surface area contributed by atoms with Crippen molar-refractivity contribution < 1.29 is 26.7 Å². The van der Waals surface area contributed by atoms with Gasteiger partial charge in [0.05, 0.1) is 29.1 Å². The molecule has 0 saturated heterocycles. The molecule has 0 unspecified atom stereocenters. The summed E-state index contributed by atoms with van der Waals surface area (Å²) < 4.78 is 70.7. The third-order valence-corrected chi connectivity index (χ3v) is 8.34. The van der Waals surface area contributed by atoms with Gasteiger partial charge in [-0.25, -0.2) is 13.1 Å². The van der Waals surface area contributed by atoms with Gasteiger partial charge in [-0.15, -0.1) is 0 Å². The summed E-state index contributed by atoms with van der Waals surface area (Å²) in [5.41, 5.74) is 2.58. The molecule has 0 fully saturated rings. The van der Waals surface area contributed by atoms with Gasteiger partial charge in [0.15, 0.2) is 0 Å². The Morgan fingerprint density at radius 3 is 1.72 bits per heavy atom. The van der Waals surface area contributed by atoms with Gasteiger partial charge in [0.2, 0.25) is 10.0 Å². The summed E-state index contributed by atoms with van der Waals surface area (Å²) in [6, 6.07) is 35.2. The van der Waals surface area contributed by atoms with E-state index in [2.05, 4.69) is 10.0 Å². The molecule has 0 aliphatic carbocycles. The SMILES string of the molecule is O=S(=O)(Cc1ccc(-c2ccccc2)cc1)N[C@H](c1ccccc1)[C@H](Nc1cc(C(F)(F)F)ccc1O)c1ccccc1. The summed E-state index contributed by atoms with van der Waals surface area (Å²) in [6.07, 6.45) is -4.64. The lowest BCUT2D eigenvalue weighted by molar-refractivity contribution is -0.137. The molecule has 0 aromatic heterocycles. The van der Waals surface area contributed by atoms with Crippen molar-refractivity contribution in [2.24, 2.45) is 0 Å². The van der Waals surface area contributed by atoms with E-state index in [-0.39, 0.29) is 11.4 Å². The Bertz CT molecular complexity index is 1750. The highest BCUT2D eigenvalue weighted by molar-refractivity contribution is 7.88. The molecule has 5 aromatic carbocycles. The van der Waals surface area contributed by atoms with Crippen LogP contribution in [0.15, 0.2) is 133 Å². The van der Waals surface area contributed by atoms with Crippen molar-refractivity contribution in [1.82, 2.24) is 4.72 Å². The summed E-state index contributed by atoms with van der Waals surface area (Å²) in [4.78, 5) is 0. The number of sulfonamides is 1. The monoisotopic (exact) mass is 602 g/mol. The Kier molecular flexibility index (Phi) is 8.84. The maximum atomic E-state index is 13.6. The number of hydrogen-bond acceptors (Lipinski definition) is 4. The van der Waals surface area contributed by atoms with Crippen molar-refractivity contribution in [3.8, 4) is 16.9 Å². The largest absolute Gasteiger partial charge is 0.506 e. The zero-order valence-electron chi connectivity index (χ0n) is 22.9. The fraction of sp³-hybridized carbons (Fsp3) is 0.118. The highest BCUT2D eigenvalue weighted by atomic mass is 32.2. The second-order valence-corrected chi connectivity index (χ2v) is 11.8. The molecule has 9 heteroatoms. The van der Waals surface area contributed by atoms with E-state index in [9.17, 15) is 26.7 Å². The zero-order valence-corrected chi connectivity index (χ0v) is 23.7. The highest BCUT2D eigenvalue weighted by Gasteiger charge is 2.33. The Balaban J connectivity index is 1.49. The molecule has 3 N–H and O–H groups in total. The van der Waals surface area contributed by atoms with Crippen LogP contribution in [0.3, 0.4) is 0 Å². The number of alkyl halides is 3. The highest BCUT2D eigenvalue weighted by Crippen LogP contribution is 2.39. The smallest absolute Gasteiger partial charge is 0.416 e. The van der Waals surface area contributed by atoms with Crippen LogP contribution >= 0.6 is 0 Å². The van der Waals surface area contributed by atoms with Gasteiger partial charge in [0.1, 0.15) is 5.75 Å². The average molecular weight is 603 g/mol. The fourth-order valence-corrected chi connectivity index (χ4v) is 6.26. The van der Waals surface area contributed by atoms with E-state index in [4.69, 9.17) is 0 Å². The summed E-state index contributed by atoms with van der Waals surface area (Å²) in [5, 5.41) is 13.5. The van der Waals surface area contributed by atoms with Crippen LogP contribution in [0.1, 0.15) is 34.3 Å². The topological polar surface area (TPSA) is 78.4 Å². The van der Waals surface area contributed by atoms with Gasteiger partial charge < -0.3 is 10.4 Å². The summed E-state index contributed by atoms with van der Waals surface area (Å²) in [5.74, 6) is -0.719. The summed E-state index contributed by atoms with van der Waals surface area (Å²) in [6.45, 7) is 0. The van der Waals surface area contributed by atoms with Crippen LogP contribution in [-0.2, 0) is 22.0 Å². The first-order valence-electron chi connectivity index (χ1n) is 13.5. The molecule has 0 bridgehead atoms. The Hall–Kier alpha value is -4.60. The van der Waals surface area contributed by atoms with E-state index >= 15 is 0 Å². The molecule has 0 heterocycles. The van der Waals surface area contributed by atoms with E-state index in [0.717, 1.165) is 29.3 Å². The minimum atomic E-state index is -4.64. The number of nitrogens with one attached hydrogen (secondary N) is 2. The molecule has 0 aliphatic rings. The number of hydrogen-bond donors (Lipinski definition) is 3. The fourth-order valence-electron chi connectivity index (χ4n) is 4.88. The first-order chi connectivity index (χ1) is 20.6. The summed E-state index contributed by atoms with van der Waals surface area (Å²) in [7, 11) is -3.98.